The van der Waals surface area contributed by atoms with Crippen molar-refractivity contribution in [2.45, 2.75) is 34.2 Å². The van der Waals surface area contributed by atoms with Crippen molar-refractivity contribution in [3.8, 4) is 0 Å². The third-order valence-corrected chi connectivity index (χ3v) is 3.78. The van der Waals surface area contributed by atoms with Crippen LogP contribution >= 0.6 is 12.2 Å². The van der Waals surface area contributed by atoms with E-state index in [2.05, 4.69) is 10.4 Å². The van der Waals surface area contributed by atoms with Gasteiger partial charge in [-0.15, -0.1) is 0 Å². The third kappa shape index (κ3) is 2.69. The summed E-state index contributed by atoms with van der Waals surface area (Å²) >= 11 is 4.89. The number of nitrogens with zero attached hydrogens (tertiary/aromatic N) is 2. The number of hydrogen-bond donors (Lipinski definition) is 2. The number of thiocarbonyl (C=S) groups is 1. The predicted molar refractivity (Wildman–Crippen MR) is 75.1 cm³/mol. The Morgan fingerprint density at radius 2 is 2.06 bits per heavy atom. The second-order valence-corrected chi connectivity index (χ2v) is 5.38. The number of amides is 1. The summed E-state index contributed by atoms with van der Waals surface area (Å²) in [7, 11) is 1.88. The van der Waals surface area contributed by atoms with Gasteiger partial charge in [0.25, 0.3) is 0 Å². The summed E-state index contributed by atoms with van der Waals surface area (Å²) in [6.45, 7) is 7.77. The van der Waals surface area contributed by atoms with Crippen molar-refractivity contribution in [1.82, 2.24) is 15.1 Å². The summed E-state index contributed by atoms with van der Waals surface area (Å²) in [6, 6.07) is 0. The number of nitrogens with one attached hydrogen (secondary N) is 1. The molecule has 0 saturated heterocycles. The molecule has 18 heavy (non-hydrogen) atoms. The highest BCUT2D eigenvalue weighted by Crippen LogP contribution is 2.17. The quantitative estimate of drug-likeness (QED) is 0.798. The van der Waals surface area contributed by atoms with E-state index in [1.54, 1.807) is 18.5 Å². The molecule has 0 aliphatic carbocycles. The van der Waals surface area contributed by atoms with Gasteiger partial charge in [0.2, 0.25) is 5.91 Å². The van der Waals surface area contributed by atoms with E-state index in [-0.39, 0.29) is 10.9 Å². The number of rotatable bonds is 4. The highest BCUT2D eigenvalue weighted by Gasteiger charge is 2.30. The lowest BCUT2D eigenvalue weighted by Crippen LogP contribution is -2.44. The zero-order valence-corrected chi connectivity index (χ0v) is 12.3. The first kappa shape index (κ1) is 14.6. The fraction of sp³-hybridized carbons (Fsp3) is 0.583. The minimum Gasteiger partial charge on any atom is -0.392 e. The maximum Gasteiger partial charge on any atom is 0.232 e. The highest BCUT2D eigenvalue weighted by atomic mass is 32.1. The predicted octanol–water partition coefficient (Wildman–Crippen LogP) is 0.965. The van der Waals surface area contributed by atoms with E-state index in [0.717, 1.165) is 17.0 Å². The molecule has 6 heteroatoms. The van der Waals surface area contributed by atoms with Crippen LogP contribution in [0.2, 0.25) is 0 Å². The molecule has 0 aliphatic rings. The Bertz CT molecular complexity index is 491. The Morgan fingerprint density at radius 1 is 1.50 bits per heavy atom. The van der Waals surface area contributed by atoms with Crippen molar-refractivity contribution in [3.05, 3.63) is 17.0 Å². The molecule has 0 aromatic carbocycles. The third-order valence-electron chi connectivity index (χ3n) is 3.27. The molecule has 0 saturated carbocycles. The van der Waals surface area contributed by atoms with Crippen LogP contribution in [0, 0.1) is 19.3 Å². The van der Waals surface area contributed by atoms with Gasteiger partial charge in [-0.25, -0.2) is 0 Å². The first-order valence-electron chi connectivity index (χ1n) is 5.75. The molecule has 1 heterocycles. The number of aromatic nitrogens is 2. The van der Waals surface area contributed by atoms with Crippen LogP contribution in [0.1, 0.15) is 30.8 Å². The van der Waals surface area contributed by atoms with Crippen molar-refractivity contribution in [3.63, 3.8) is 0 Å². The highest BCUT2D eigenvalue weighted by molar-refractivity contribution is 7.80. The normalized spacial score (nSPS) is 11.4. The lowest BCUT2D eigenvalue weighted by atomic mass is 9.92. The molecule has 0 unspecified atom stereocenters. The van der Waals surface area contributed by atoms with Crippen LogP contribution in [0.25, 0.3) is 0 Å². The average molecular weight is 268 g/mol. The molecule has 1 aromatic heterocycles. The summed E-state index contributed by atoms with van der Waals surface area (Å²) in [5, 5.41) is 7.16. The Kier molecular flexibility index (Phi) is 4.11. The minimum atomic E-state index is -0.834. The van der Waals surface area contributed by atoms with Gasteiger partial charge in [-0.3, -0.25) is 9.48 Å². The smallest absolute Gasteiger partial charge is 0.232 e. The number of carbonyl (C=O) groups is 1. The van der Waals surface area contributed by atoms with Gasteiger partial charge in [0.15, 0.2) is 0 Å². The van der Waals surface area contributed by atoms with Gasteiger partial charge >= 0.3 is 0 Å². The van der Waals surface area contributed by atoms with Gasteiger partial charge in [0.05, 0.1) is 16.1 Å². The fourth-order valence-electron chi connectivity index (χ4n) is 1.57. The van der Waals surface area contributed by atoms with Gasteiger partial charge in [0, 0.05) is 24.8 Å². The summed E-state index contributed by atoms with van der Waals surface area (Å²) in [5.41, 5.74) is 7.72. The number of carbonyl (C=O) groups excluding carboxylic acids is 1. The molecule has 5 nitrogen and oxygen atoms in total. The van der Waals surface area contributed by atoms with E-state index in [1.807, 2.05) is 20.9 Å². The molecule has 1 aromatic rings. The molecule has 1 amide bonds. The molecule has 1 rings (SSSR count). The summed E-state index contributed by atoms with van der Waals surface area (Å²) in [5.74, 6) is -0.169. The average Bonchev–Trinajstić information content (AvgIpc) is 2.50. The first-order chi connectivity index (χ1) is 8.17. The van der Waals surface area contributed by atoms with Crippen LogP contribution in [-0.2, 0) is 18.4 Å². The van der Waals surface area contributed by atoms with Gasteiger partial charge in [-0.1, -0.05) is 12.2 Å². The second-order valence-electron chi connectivity index (χ2n) is 4.94. The molecule has 0 bridgehead atoms. The lowest BCUT2D eigenvalue weighted by molar-refractivity contribution is -0.126. The van der Waals surface area contributed by atoms with Crippen LogP contribution in [-0.4, -0.2) is 20.7 Å². The Balaban J connectivity index is 2.78. The van der Waals surface area contributed by atoms with E-state index < -0.39 is 5.41 Å². The van der Waals surface area contributed by atoms with Gasteiger partial charge in [-0.05, 0) is 27.7 Å². The van der Waals surface area contributed by atoms with E-state index in [1.165, 1.54) is 0 Å². The molecule has 0 atom stereocenters. The monoisotopic (exact) mass is 268 g/mol. The minimum absolute atomic E-state index is 0.169. The molecular formula is C12H20N4OS. The molecular weight excluding hydrogens is 248 g/mol. The Morgan fingerprint density at radius 3 is 2.44 bits per heavy atom. The van der Waals surface area contributed by atoms with Crippen LogP contribution in [0.15, 0.2) is 0 Å². The number of aryl methyl sites for hydroxylation is 2. The van der Waals surface area contributed by atoms with Gasteiger partial charge in [-0.2, -0.15) is 5.10 Å². The molecule has 0 aliphatic heterocycles. The molecule has 100 valence electrons. The zero-order chi connectivity index (χ0) is 14.1. The van der Waals surface area contributed by atoms with Crippen LogP contribution in [0.3, 0.4) is 0 Å². The molecule has 0 spiro atoms. The van der Waals surface area contributed by atoms with Crippen LogP contribution in [0.4, 0.5) is 0 Å². The SMILES string of the molecule is Cc1nn(C)c(C)c1CNC(=O)C(C)(C)C(N)=S. The maximum atomic E-state index is 12.0. The maximum absolute atomic E-state index is 12.0. The second kappa shape index (κ2) is 5.06. The van der Waals surface area contributed by atoms with Crippen molar-refractivity contribution in [1.29, 1.82) is 0 Å². The van der Waals surface area contributed by atoms with Crippen LogP contribution < -0.4 is 11.1 Å². The van der Waals surface area contributed by atoms with Crippen molar-refractivity contribution in [2.24, 2.45) is 18.2 Å². The number of hydrogen-bond acceptors (Lipinski definition) is 3. The standard InChI is InChI=1S/C12H20N4OS/c1-7-9(8(2)16(5)15-7)6-14-11(17)12(3,4)10(13)18/h6H2,1-5H3,(H2,13,18)(H,14,17). The van der Waals surface area contributed by atoms with Crippen molar-refractivity contribution < 1.29 is 4.79 Å². The van der Waals surface area contributed by atoms with E-state index >= 15 is 0 Å². The van der Waals surface area contributed by atoms with Crippen molar-refractivity contribution in [2.75, 3.05) is 0 Å². The summed E-state index contributed by atoms with van der Waals surface area (Å²) in [6.07, 6.45) is 0. The van der Waals surface area contributed by atoms with Crippen molar-refractivity contribution >= 4 is 23.1 Å². The van der Waals surface area contributed by atoms with Crippen LogP contribution in [0.5, 0.6) is 0 Å². The summed E-state index contributed by atoms with van der Waals surface area (Å²) in [4.78, 5) is 12.2. The lowest BCUT2D eigenvalue weighted by Gasteiger charge is -2.21. The fourth-order valence-corrected chi connectivity index (χ4v) is 1.67. The summed E-state index contributed by atoms with van der Waals surface area (Å²) < 4.78 is 1.80. The first-order valence-corrected chi connectivity index (χ1v) is 6.16. The Labute approximate surface area is 113 Å². The molecule has 3 N–H and O–H groups in total. The molecule has 0 fully saturated rings. The largest absolute Gasteiger partial charge is 0.392 e. The number of nitrogens with two attached hydrogens (primary N) is 1. The molecule has 0 radical (unpaired) electrons. The van der Waals surface area contributed by atoms with E-state index in [0.29, 0.717) is 6.54 Å². The zero-order valence-electron chi connectivity index (χ0n) is 11.5. The topological polar surface area (TPSA) is 72.9 Å². The van der Waals surface area contributed by atoms with E-state index in [9.17, 15) is 4.79 Å². The Hall–Kier alpha value is -1.43. The van der Waals surface area contributed by atoms with E-state index in [4.69, 9.17) is 18.0 Å². The van der Waals surface area contributed by atoms with Gasteiger partial charge in [0.1, 0.15) is 0 Å². The van der Waals surface area contributed by atoms with Gasteiger partial charge < -0.3 is 11.1 Å².